The number of nitrogens with zero attached hydrogens (tertiary/aromatic N) is 1. The van der Waals surface area contributed by atoms with E-state index in [1.54, 1.807) is 24.3 Å². The van der Waals surface area contributed by atoms with Crippen molar-refractivity contribution in [3.8, 4) is 6.07 Å². The Kier molecular flexibility index (Phi) is 4.14. The van der Waals surface area contributed by atoms with Crippen molar-refractivity contribution in [1.29, 1.82) is 5.26 Å². The molecule has 0 heterocycles. The maximum absolute atomic E-state index is 9.48. The lowest BCUT2D eigenvalue weighted by Crippen LogP contribution is -2.36. The Hall–Kier alpha value is -1.35. The van der Waals surface area contributed by atoms with Crippen LogP contribution in [0.4, 0.5) is 0 Å². The fraction of sp³-hybridized carbons (Fsp3) is 0.222. The van der Waals surface area contributed by atoms with Gasteiger partial charge in [0.15, 0.2) is 0 Å². The minimum Gasteiger partial charge on any atom is -0.423 e. The van der Waals surface area contributed by atoms with E-state index in [-0.39, 0.29) is 13.2 Å². The highest BCUT2D eigenvalue weighted by molar-refractivity contribution is 6.60. The molecule has 0 saturated carbocycles. The fourth-order valence-electron chi connectivity index (χ4n) is 1.07. The Morgan fingerprint density at radius 1 is 1.43 bits per heavy atom. The minimum absolute atomic E-state index is 0.0426. The van der Waals surface area contributed by atoms with E-state index >= 15 is 0 Å². The Morgan fingerprint density at radius 3 is 2.79 bits per heavy atom. The van der Waals surface area contributed by atoms with E-state index in [2.05, 4.69) is 0 Å². The summed E-state index contributed by atoms with van der Waals surface area (Å²) in [7, 11) is -1.15. The number of hydrogen-bond acceptors (Lipinski definition) is 4. The van der Waals surface area contributed by atoms with Gasteiger partial charge in [-0.1, -0.05) is 18.2 Å². The smallest absolute Gasteiger partial charge is 0.423 e. The van der Waals surface area contributed by atoms with Crippen LogP contribution in [0.2, 0.25) is 0 Å². The average Bonchev–Trinajstić information content (AvgIpc) is 2.25. The van der Waals surface area contributed by atoms with Crippen LogP contribution in [0.15, 0.2) is 24.3 Å². The first-order chi connectivity index (χ1) is 6.79. The summed E-state index contributed by atoms with van der Waals surface area (Å²) in [6.45, 7) is -0.118. The normalized spacial score (nSPS) is 9.50. The van der Waals surface area contributed by atoms with Crippen LogP contribution in [0.5, 0.6) is 0 Å². The molecule has 4 nitrogen and oxygen atoms in total. The molecule has 0 spiro atoms. The van der Waals surface area contributed by atoms with Crippen molar-refractivity contribution in [1.82, 2.24) is 0 Å². The average molecular weight is 191 g/mol. The number of nitriles is 1. The summed E-state index contributed by atoms with van der Waals surface area (Å²) in [5.41, 5.74) is 0.793. The quantitative estimate of drug-likeness (QED) is 0.614. The molecule has 0 aliphatic carbocycles. The van der Waals surface area contributed by atoms with Gasteiger partial charge in [0, 0.05) is 0 Å². The molecule has 14 heavy (non-hydrogen) atoms. The van der Waals surface area contributed by atoms with Crippen LogP contribution >= 0.6 is 0 Å². The Labute approximate surface area is 82.5 Å². The first kappa shape index (κ1) is 10.7. The van der Waals surface area contributed by atoms with E-state index in [4.69, 9.17) is 15.0 Å². The van der Waals surface area contributed by atoms with Crippen LogP contribution in [0.25, 0.3) is 0 Å². The summed E-state index contributed by atoms with van der Waals surface area (Å²) >= 11 is 0. The Morgan fingerprint density at radius 2 is 2.14 bits per heavy atom. The molecule has 0 aromatic heterocycles. The molecule has 0 bridgehead atoms. The molecule has 1 aromatic carbocycles. The molecule has 1 rings (SSSR count). The second-order valence-corrected chi connectivity index (χ2v) is 2.65. The number of rotatable bonds is 4. The third kappa shape index (κ3) is 2.57. The van der Waals surface area contributed by atoms with E-state index in [0.717, 1.165) is 0 Å². The molecule has 1 aromatic rings. The second-order valence-electron chi connectivity index (χ2n) is 2.65. The van der Waals surface area contributed by atoms with Crippen molar-refractivity contribution >= 4 is 12.6 Å². The largest absolute Gasteiger partial charge is 0.492 e. The number of benzene rings is 1. The maximum Gasteiger partial charge on any atom is 0.492 e. The zero-order chi connectivity index (χ0) is 10.4. The van der Waals surface area contributed by atoms with Gasteiger partial charge in [-0.3, -0.25) is 0 Å². The van der Waals surface area contributed by atoms with Crippen molar-refractivity contribution in [2.24, 2.45) is 0 Å². The van der Waals surface area contributed by atoms with Crippen LogP contribution in [-0.4, -0.2) is 30.5 Å². The number of hydrogen-bond donors (Lipinski definition) is 2. The lowest BCUT2D eigenvalue weighted by molar-refractivity contribution is 0.183. The Balaban J connectivity index is 2.79. The summed E-state index contributed by atoms with van der Waals surface area (Å²) < 4.78 is 4.87. The van der Waals surface area contributed by atoms with Gasteiger partial charge in [0.1, 0.15) is 0 Å². The molecule has 0 radical (unpaired) electrons. The predicted molar refractivity (Wildman–Crippen MR) is 51.8 cm³/mol. The van der Waals surface area contributed by atoms with Crippen LogP contribution in [-0.2, 0) is 4.65 Å². The molecule has 0 fully saturated rings. The molecular weight excluding hydrogens is 181 g/mol. The lowest BCUT2D eigenvalue weighted by atomic mass is 9.76. The zero-order valence-corrected chi connectivity index (χ0v) is 7.55. The molecule has 5 heteroatoms. The SMILES string of the molecule is N#Cc1ccccc1B(O)OCCO. The molecular formula is C9H10BNO3. The van der Waals surface area contributed by atoms with E-state index in [1.807, 2.05) is 6.07 Å². The summed E-state index contributed by atoms with van der Waals surface area (Å²) in [4.78, 5) is 0. The molecule has 0 unspecified atom stereocenters. The molecule has 0 amide bonds. The molecule has 0 saturated heterocycles. The Bertz CT molecular complexity index is 337. The third-order valence-electron chi connectivity index (χ3n) is 1.71. The van der Waals surface area contributed by atoms with E-state index < -0.39 is 7.12 Å². The van der Waals surface area contributed by atoms with Gasteiger partial charge in [0.2, 0.25) is 0 Å². The first-order valence-electron chi connectivity index (χ1n) is 4.19. The standard InChI is InChI=1S/C9H10BNO3/c11-7-8-3-1-2-4-9(8)10(13)14-6-5-12/h1-4,12-13H,5-6H2. The monoisotopic (exact) mass is 191 g/mol. The van der Waals surface area contributed by atoms with Gasteiger partial charge in [-0.25, -0.2) is 0 Å². The van der Waals surface area contributed by atoms with Crippen LogP contribution in [0.1, 0.15) is 5.56 Å². The predicted octanol–water partition coefficient (Wildman–Crippen LogP) is -0.745. The van der Waals surface area contributed by atoms with Gasteiger partial charge < -0.3 is 14.8 Å². The molecule has 0 aliphatic rings. The molecule has 2 N–H and O–H groups in total. The zero-order valence-electron chi connectivity index (χ0n) is 7.55. The van der Waals surface area contributed by atoms with Gasteiger partial charge in [-0.05, 0) is 11.5 Å². The lowest BCUT2D eigenvalue weighted by Gasteiger charge is -2.07. The fourth-order valence-corrected chi connectivity index (χ4v) is 1.07. The number of aliphatic hydroxyl groups is 1. The van der Waals surface area contributed by atoms with Gasteiger partial charge in [-0.2, -0.15) is 5.26 Å². The van der Waals surface area contributed by atoms with Crippen molar-refractivity contribution in [3.05, 3.63) is 29.8 Å². The summed E-state index contributed by atoms with van der Waals surface area (Å²) in [6.07, 6.45) is 0. The highest BCUT2D eigenvalue weighted by atomic mass is 16.5. The first-order valence-corrected chi connectivity index (χ1v) is 4.19. The van der Waals surface area contributed by atoms with E-state index in [0.29, 0.717) is 11.0 Å². The summed E-state index contributed by atoms with van der Waals surface area (Å²) in [5, 5.41) is 26.7. The van der Waals surface area contributed by atoms with Crippen molar-refractivity contribution in [2.75, 3.05) is 13.2 Å². The highest BCUT2D eigenvalue weighted by Gasteiger charge is 2.19. The number of aliphatic hydroxyl groups excluding tert-OH is 1. The second kappa shape index (κ2) is 5.40. The molecule has 0 aliphatic heterocycles. The topological polar surface area (TPSA) is 73.5 Å². The van der Waals surface area contributed by atoms with Crippen molar-refractivity contribution in [2.45, 2.75) is 0 Å². The van der Waals surface area contributed by atoms with Gasteiger partial charge >= 0.3 is 7.12 Å². The van der Waals surface area contributed by atoms with E-state index in [9.17, 15) is 5.02 Å². The van der Waals surface area contributed by atoms with Crippen LogP contribution in [0.3, 0.4) is 0 Å². The van der Waals surface area contributed by atoms with Crippen LogP contribution < -0.4 is 5.46 Å². The summed E-state index contributed by atoms with van der Waals surface area (Å²) in [6, 6.07) is 8.58. The summed E-state index contributed by atoms with van der Waals surface area (Å²) in [5.74, 6) is 0. The van der Waals surface area contributed by atoms with Crippen LogP contribution in [0, 0.1) is 11.3 Å². The van der Waals surface area contributed by atoms with Gasteiger partial charge in [0.25, 0.3) is 0 Å². The van der Waals surface area contributed by atoms with Gasteiger partial charge in [0.05, 0.1) is 24.8 Å². The van der Waals surface area contributed by atoms with Crippen molar-refractivity contribution < 1.29 is 14.8 Å². The molecule has 0 atom stereocenters. The maximum atomic E-state index is 9.48. The molecule has 72 valence electrons. The van der Waals surface area contributed by atoms with Gasteiger partial charge in [-0.15, -0.1) is 0 Å². The van der Waals surface area contributed by atoms with E-state index in [1.165, 1.54) is 0 Å². The van der Waals surface area contributed by atoms with Crippen molar-refractivity contribution in [3.63, 3.8) is 0 Å². The highest BCUT2D eigenvalue weighted by Crippen LogP contribution is 1.96. The third-order valence-corrected chi connectivity index (χ3v) is 1.71. The minimum atomic E-state index is -1.15.